The van der Waals surface area contributed by atoms with Crippen molar-refractivity contribution in [2.24, 2.45) is 0 Å². The van der Waals surface area contributed by atoms with Gasteiger partial charge in [-0.3, -0.25) is 0 Å². The summed E-state index contributed by atoms with van der Waals surface area (Å²) in [5, 5.41) is 19.8. The summed E-state index contributed by atoms with van der Waals surface area (Å²) in [6.45, 7) is 1.78. The molecule has 0 saturated heterocycles. The van der Waals surface area contributed by atoms with E-state index in [1.54, 1.807) is 19.1 Å². The highest BCUT2D eigenvalue weighted by atomic mass is 35.5. The van der Waals surface area contributed by atoms with Gasteiger partial charge in [-0.25, -0.2) is 4.98 Å². The Bertz CT molecular complexity index is 558. The fourth-order valence-corrected chi connectivity index (χ4v) is 2.56. The van der Waals surface area contributed by atoms with Crippen LogP contribution in [-0.2, 0) is 5.75 Å². The first-order valence-electron chi connectivity index (χ1n) is 5.19. The van der Waals surface area contributed by atoms with Gasteiger partial charge in [0, 0.05) is 22.5 Å². The number of benzene rings is 1. The molecule has 0 atom stereocenters. The van der Waals surface area contributed by atoms with Gasteiger partial charge >= 0.3 is 0 Å². The third-order valence-electron chi connectivity index (χ3n) is 2.21. The van der Waals surface area contributed by atoms with Gasteiger partial charge in [-0.15, -0.1) is 0 Å². The normalized spacial score (nSPS) is 10.6. The first kappa shape index (κ1) is 13.0. The van der Waals surface area contributed by atoms with Gasteiger partial charge in [-0.2, -0.15) is 4.98 Å². The highest BCUT2D eigenvalue weighted by molar-refractivity contribution is 7.98. The molecule has 2 rings (SSSR count). The van der Waals surface area contributed by atoms with Crippen molar-refractivity contribution in [1.29, 1.82) is 0 Å². The molecular formula is C12H11ClN2O2S. The molecule has 1 aromatic carbocycles. The lowest BCUT2D eigenvalue weighted by molar-refractivity contribution is 0.444. The minimum absolute atomic E-state index is 0.0491. The van der Waals surface area contributed by atoms with Gasteiger partial charge in [0.1, 0.15) is 5.75 Å². The quantitative estimate of drug-likeness (QED) is 0.669. The lowest BCUT2D eigenvalue weighted by Gasteiger charge is -2.05. The molecular weight excluding hydrogens is 272 g/mol. The Balaban J connectivity index is 2.13. The van der Waals surface area contributed by atoms with Crippen LogP contribution in [0.3, 0.4) is 0 Å². The van der Waals surface area contributed by atoms with Crippen molar-refractivity contribution in [3.8, 4) is 11.6 Å². The van der Waals surface area contributed by atoms with Gasteiger partial charge in [-0.05, 0) is 30.7 Å². The Hall–Kier alpha value is -1.46. The summed E-state index contributed by atoms with van der Waals surface area (Å²) in [6, 6.07) is 6.27. The summed E-state index contributed by atoms with van der Waals surface area (Å²) in [5.41, 5.74) is 1.50. The van der Waals surface area contributed by atoms with Gasteiger partial charge in [0.2, 0.25) is 5.88 Å². The molecule has 2 N–H and O–H groups in total. The summed E-state index contributed by atoms with van der Waals surface area (Å²) >= 11 is 7.36. The number of aromatic hydroxyl groups is 2. The number of hydrogen-bond acceptors (Lipinski definition) is 5. The lowest BCUT2D eigenvalue weighted by Crippen LogP contribution is -1.91. The second-order valence-corrected chi connectivity index (χ2v) is 5.06. The van der Waals surface area contributed by atoms with E-state index in [0.29, 0.717) is 21.6 Å². The molecule has 0 aliphatic carbocycles. The Morgan fingerprint density at radius 2 is 2.00 bits per heavy atom. The van der Waals surface area contributed by atoms with Gasteiger partial charge in [0.15, 0.2) is 5.16 Å². The molecule has 0 radical (unpaired) electrons. The number of phenolic OH excluding ortho intramolecular Hbond substituents is 1. The van der Waals surface area contributed by atoms with E-state index < -0.39 is 0 Å². The highest BCUT2D eigenvalue weighted by Crippen LogP contribution is 2.28. The fraction of sp³-hybridized carbons (Fsp3) is 0.167. The number of rotatable bonds is 3. The molecule has 94 valence electrons. The van der Waals surface area contributed by atoms with Crippen LogP contribution in [0.25, 0.3) is 0 Å². The SMILES string of the molecule is Cc1cc(O)nc(SCc2cc(O)ccc2Cl)n1. The number of aromatic nitrogens is 2. The van der Waals surface area contributed by atoms with Gasteiger partial charge < -0.3 is 10.2 Å². The van der Waals surface area contributed by atoms with Crippen LogP contribution in [0.5, 0.6) is 11.6 Å². The molecule has 0 bridgehead atoms. The van der Waals surface area contributed by atoms with E-state index in [1.807, 2.05) is 0 Å². The number of halogens is 1. The van der Waals surface area contributed by atoms with Crippen LogP contribution < -0.4 is 0 Å². The van der Waals surface area contributed by atoms with Crippen LogP contribution in [0.1, 0.15) is 11.3 Å². The first-order valence-corrected chi connectivity index (χ1v) is 6.56. The predicted molar refractivity (Wildman–Crippen MR) is 71.1 cm³/mol. The van der Waals surface area contributed by atoms with Crippen molar-refractivity contribution >= 4 is 23.4 Å². The van der Waals surface area contributed by atoms with E-state index in [4.69, 9.17) is 11.6 Å². The van der Waals surface area contributed by atoms with Crippen molar-refractivity contribution < 1.29 is 10.2 Å². The molecule has 0 amide bonds. The zero-order valence-corrected chi connectivity index (χ0v) is 11.2. The topological polar surface area (TPSA) is 66.2 Å². The zero-order valence-electron chi connectivity index (χ0n) is 9.59. The molecule has 0 saturated carbocycles. The molecule has 0 aliphatic heterocycles. The molecule has 18 heavy (non-hydrogen) atoms. The average molecular weight is 283 g/mol. The van der Waals surface area contributed by atoms with Gasteiger partial charge in [-0.1, -0.05) is 23.4 Å². The van der Waals surface area contributed by atoms with Crippen LogP contribution in [-0.4, -0.2) is 20.2 Å². The van der Waals surface area contributed by atoms with Crippen LogP contribution >= 0.6 is 23.4 Å². The van der Waals surface area contributed by atoms with E-state index in [-0.39, 0.29) is 11.6 Å². The molecule has 0 unspecified atom stereocenters. The Morgan fingerprint density at radius 1 is 1.22 bits per heavy atom. The molecule has 1 aromatic heterocycles. The summed E-state index contributed by atoms with van der Waals surface area (Å²) < 4.78 is 0. The zero-order chi connectivity index (χ0) is 13.1. The monoisotopic (exact) mass is 282 g/mol. The largest absolute Gasteiger partial charge is 0.508 e. The minimum atomic E-state index is -0.0491. The maximum atomic E-state index is 9.38. The summed E-state index contributed by atoms with van der Waals surface area (Å²) in [5.74, 6) is 0.644. The molecule has 1 heterocycles. The maximum absolute atomic E-state index is 9.38. The molecule has 6 heteroatoms. The lowest BCUT2D eigenvalue weighted by atomic mass is 10.2. The maximum Gasteiger partial charge on any atom is 0.215 e. The molecule has 0 fully saturated rings. The Labute approximate surface area is 114 Å². The predicted octanol–water partition coefficient (Wildman–Crippen LogP) is 3.14. The van der Waals surface area contributed by atoms with Gasteiger partial charge in [0.05, 0.1) is 0 Å². The smallest absolute Gasteiger partial charge is 0.215 e. The highest BCUT2D eigenvalue weighted by Gasteiger charge is 2.06. The van der Waals surface area contributed by atoms with E-state index in [0.717, 1.165) is 5.56 Å². The number of aryl methyl sites for hydroxylation is 1. The molecule has 4 nitrogen and oxygen atoms in total. The minimum Gasteiger partial charge on any atom is -0.508 e. The average Bonchev–Trinajstić information content (AvgIpc) is 2.29. The number of phenols is 1. The van der Waals surface area contributed by atoms with E-state index >= 15 is 0 Å². The Kier molecular flexibility index (Phi) is 3.93. The van der Waals surface area contributed by atoms with Crippen molar-refractivity contribution in [1.82, 2.24) is 9.97 Å². The third-order valence-corrected chi connectivity index (χ3v) is 3.47. The van der Waals surface area contributed by atoms with E-state index in [2.05, 4.69) is 9.97 Å². The second kappa shape index (κ2) is 5.46. The van der Waals surface area contributed by atoms with Crippen LogP contribution in [0.15, 0.2) is 29.4 Å². The summed E-state index contributed by atoms with van der Waals surface area (Å²) in [4.78, 5) is 8.09. The number of hydrogen-bond donors (Lipinski definition) is 2. The van der Waals surface area contributed by atoms with Crippen LogP contribution in [0, 0.1) is 6.92 Å². The van der Waals surface area contributed by atoms with Gasteiger partial charge in [0.25, 0.3) is 0 Å². The third kappa shape index (κ3) is 3.27. The summed E-state index contributed by atoms with van der Waals surface area (Å²) in [7, 11) is 0. The molecule has 0 aliphatic rings. The molecule has 0 spiro atoms. The van der Waals surface area contributed by atoms with Crippen LogP contribution in [0.4, 0.5) is 0 Å². The van der Waals surface area contributed by atoms with Crippen molar-refractivity contribution in [3.05, 3.63) is 40.5 Å². The van der Waals surface area contributed by atoms with Crippen molar-refractivity contribution in [3.63, 3.8) is 0 Å². The molecule has 2 aromatic rings. The number of thioether (sulfide) groups is 1. The van der Waals surface area contributed by atoms with Crippen molar-refractivity contribution in [2.45, 2.75) is 17.8 Å². The fourth-order valence-electron chi connectivity index (χ4n) is 1.40. The Morgan fingerprint density at radius 3 is 2.72 bits per heavy atom. The van der Waals surface area contributed by atoms with E-state index in [9.17, 15) is 10.2 Å². The standard InChI is InChI=1S/C12H11ClN2O2S/c1-7-4-11(17)15-12(14-7)18-6-8-5-9(16)2-3-10(8)13/h2-5,16H,6H2,1H3,(H,14,15,17). The first-order chi connectivity index (χ1) is 8.54. The van der Waals surface area contributed by atoms with Crippen molar-refractivity contribution in [2.75, 3.05) is 0 Å². The van der Waals surface area contributed by atoms with Crippen LogP contribution in [0.2, 0.25) is 5.02 Å². The number of nitrogens with zero attached hydrogens (tertiary/aromatic N) is 2. The summed E-state index contributed by atoms with van der Waals surface area (Å²) in [6.07, 6.45) is 0. The van der Waals surface area contributed by atoms with E-state index in [1.165, 1.54) is 23.9 Å². The second-order valence-electron chi connectivity index (χ2n) is 3.71.